The van der Waals surface area contributed by atoms with Crippen LogP contribution in [0.3, 0.4) is 0 Å². The van der Waals surface area contributed by atoms with Crippen molar-refractivity contribution in [2.24, 2.45) is 0 Å². The number of hydrogen-bond acceptors (Lipinski definition) is 4. The minimum Gasteiger partial charge on any atom is -0.457 e. The molecule has 0 atom stereocenters. The number of para-hydroxylation sites is 3. The fourth-order valence-corrected chi connectivity index (χ4v) is 5.03. The molecule has 0 aliphatic carbocycles. The van der Waals surface area contributed by atoms with E-state index in [9.17, 15) is 13.2 Å². The number of aryl methyl sites for hydroxylation is 1. The summed E-state index contributed by atoms with van der Waals surface area (Å²) < 4.78 is 31.6. The van der Waals surface area contributed by atoms with E-state index in [1.165, 1.54) is 0 Å². The number of carbonyl (C=O) groups is 1. The van der Waals surface area contributed by atoms with Crippen LogP contribution in [0.5, 0.6) is 11.5 Å². The Labute approximate surface area is 176 Å². The Bertz CT molecular complexity index is 1140. The number of fused-ring (bicyclic) bond motifs is 1. The highest BCUT2D eigenvalue weighted by Gasteiger charge is 2.27. The summed E-state index contributed by atoms with van der Waals surface area (Å²) in [6.07, 6.45) is 1.73. The molecule has 0 spiro atoms. The Morgan fingerprint density at radius 3 is 2.43 bits per heavy atom. The van der Waals surface area contributed by atoms with Crippen molar-refractivity contribution >= 4 is 21.4 Å². The molecule has 1 heterocycles. The van der Waals surface area contributed by atoms with Gasteiger partial charge < -0.3 is 9.64 Å². The lowest BCUT2D eigenvalue weighted by Crippen LogP contribution is -2.39. The van der Waals surface area contributed by atoms with Crippen LogP contribution in [0.25, 0.3) is 0 Å². The average Bonchev–Trinajstić information content (AvgIpc) is 2.75. The average molecular weight is 422 g/mol. The van der Waals surface area contributed by atoms with E-state index in [1.807, 2.05) is 54.6 Å². The molecule has 30 heavy (non-hydrogen) atoms. The van der Waals surface area contributed by atoms with Crippen molar-refractivity contribution in [1.82, 2.24) is 0 Å². The van der Waals surface area contributed by atoms with Crippen molar-refractivity contribution in [2.75, 3.05) is 17.2 Å². The smallest absolute Gasteiger partial charge is 0.242 e. The third-order valence-corrected chi connectivity index (χ3v) is 6.51. The van der Waals surface area contributed by atoms with Gasteiger partial charge in [0.1, 0.15) is 17.3 Å². The first-order valence-electron chi connectivity index (χ1n) is 9.91. The third kappa shape index (κ3) is 4.71. The second kappa shape index (κ2) is 8.71. The fraction of sp³-hybridized carbons (Fsp3) is 0.208. The second-order valence-corrected chi connectivity index (χ2v) is 9.40. The Balaban J connectivity index is 1.50. The molecule has 0 unspecified atom stereocenters. The Hall–Kier alpha value is -3.12. The number of anilines is 1. The van der Waals surface area contributed by atoms with Crippen LogP contribution in [-0.2, 0) is 26.8 Å². The molecule has 0 aromatic heterocycles. The van der Waals surface area contributed by atoms with Gasteiger partial charge in [0.05, 0.1) is 5.75 Å². The van der Waals surface area contributed by atoms with Crippen molar-refractivity contribution in [3.05, 3.63) is 90.0 Å². The maximum absolute atomic E-state index is 12.9. The van der Waals surface area contributed by atoms with E-state index in [-0.39, 0.29) is 11.7 Å². The number of benzene rings is 3. The molecule has 1 amide bonds. The summed E-state index contributed by atoms with van der Waals surface area (Å²) in [5.41, 5.74) is 2.43. The molecule has 0 saturated carbocycles. The van der Waals surface area contributed by atoms with Crippen LogP contribution in [0.2, 0.25) is 0 Å². The van der Waals surface area contributed by atoms with E-state index in [1.54, 1.807) is 29.2 Å². The molecular weight excluding hydrogens is 398 g/mol. The van der Waals surface area contributed by atoms with Crippen molar-refractivity contribution < 1.29 is 17.9 Å². The number of amides is 1. The van der Waals surface area contributed by atoms with E-state index >= 15 is 0 Å². The summed E-state index contributed by atoms with van der Waals surface area (Å²) in [4.78, 5) is 14.5. The number of ether oxygens (including phenoxy) is 1. The molecule has 0 saturated heterocycles. The van der Waals surface area contributed by atoms with E-state index in [2.05, 4.69) is 0 Å². The van der Waals surface area contributed by atoms with Crippen molar-refractivity contribution in [3.8, 4) is 11.5 Å². The maximum atomic E-state index is 12.9. The van der Waals surface area contributed by atoms with Crippen LogP contribution < -0.4 is 9.64 Å². The molecule has 1 aliphatic heterocycles. The topological polar surface area (TPSA) is 63.7 Å². The maximum Gasteiger partial charge on any atom is 0.242 e. The highest BCUT2D eigenvalue weighted by molar-refractivity contribution is 7.91. The van der Waals surface area contributed by atoms with Crippen LogP contribution in [0.4, 0.5) is 5.69 Å². The standard InChI is InChI=1S/C24H23NO4S/c26-24(25-16-8-11-19-9-4-6-14-22(19)25)18-30(27,28)17-20-10-5-7-15-23(20)29-21-12-2-1-3-13-21/h1-7,9-10,12-15H,8,11,16-18H2. The zero-order chi connectivity index (χ0) is 21.0. The normalized spacial score (nSPS) is 13.5. The summed E-state index contributed by atoms with van der Waals surface area (Å²) in [6.45, 7) is 0.541. The fourth-order valence-electron chi connectivity index (χ4n) is 3.68. The van der Waals surface area contributed by atoms with Crippen LogP contribution in [0.1, 0.15) is 17.5 Å². The molecule has 0 bridgehead atoms. The molecule has 4 rings (SSSR count). The van der Waals surface area contributed by atoms with Gasteiger partial charge in [0, 0.05) is 17.8 Å². The van der Waals surface area contributed by atoms with Crippen molar-refractivity contribution in [3.63, 3.8) is 0 Å². The van der Waals surface area contributed by atoms with Gasteiger partial charge in [0.2, 0.25) is 5.91 Å². The van der Waals surface area contributed by atoms with Gasteiger partial charge in [0.25, 0.3) is 0 Å². The molecule has 154 valence electrons. The lowest BCUT2D eigenvalue weighted by atomic mass is 10.0. The SMILES string of the molecule is O=C(CS(=O)(=O)Cc1ccccc1Oc1ccccc1)N1CCCc2ccccc21. The van der Waals surface area contributed by atoms with E-state index in [0.29, 0.717) is 23.6 Å². The lowest BCUT2D eigenvalue weighted by Gasteiger charge is -2.29. The molecule has 0 radical (unpaired) electrons. The lowest BCUT2D eigenvalue weighted by molar-refractivity contribution is -0.116. The molecule has 0 fully saturated rings. The summed E-state index contributed by atoms with van der Waals surface area (Å²) in [5.74, 6) is -0.0619. The minimum atomic E-state index is -3.67. The van der Waals surface area contributed by atoms with Gasteiger partial charge in [0.15, 0.2) is 9.84 Å². The summed E-state index contributed by atoms with van der Waals surface area (Å²) in [7, 11) is -3.67. The summed E-state index contributed by atoms with van der Waals surface area (Å²) in [5, 5.41) is 0. The Morgan fingerprint density at radius 1 is 0.900 bits per heavy atom. The van der Waals surface area contributed by atoms with E-state index < -0.39 is 15.6 Å². The number of nitrogens with zero attached hydrogens (tertiary/aromatic N) is 1. The first kappa shape index (κ1) is 20.2. The quantitative estimate of drug-likeness (QED) is 0.593. The predicted molar refractivity (Wildman–Crippen MR) is 118 cm³/mol. The highest BCUT2D eigenvalue weighted by atomic mass is 32.2. The molecule has 1 aliphatic rings. The number of carbonyl (C=O) groups excluding carboxylic acids is 1. The van der Waals surface area contributed by atoms with Gasteiger partial charge in [-0.05, 0) is 42.7 Å². The molecule has 3 aromatic rings. The van der Waals surface area contributed by atoms with Gasteiger partial charge in [-0.3, -0.25) is 4.79 Å². The van der Waals surface area contributed by atoms with Crippen molar-refractivity contribution in [1.29, 1.82) is 0 Å². The predicted octanol–water partition coefficient (Wildman–Crippen LogP) is 4.37. The molecule has 3 aromatic carbocycles. The molecule has 6 heteroatoms. The van der Waals surface area contributed by atoms with Gasteiger partial charge >= 0.3 is 0 Å². The second-order valence-electron chi connectivity index (χ2n) is 7.33. The largest absolute Gasteiger partial charge is 0.457 e. The number of sulfone groups is 1. The van der Waals surface area contributed by atoms with Crippen LogP contribution in [-0.4, -0.2) is 26.6 Å². The van der Waals surface area contributed by atoms with Crippen molar-refractivity contribution in [2.45, 2.75) is 18.6 Å². The van der Waals surface area contributed by atoms with E-state index in [4.69, 9.17) is 4.74 Å². The van der Waals surface area contributed by atoms with Crippen LogP contribution in [0, 0.1) is 0 Å². The van der Waals surface area contributed by atoms with Gasteiger partial charge in [-0.2, -0.15) is 0 Å². The zero-order valence-corrected chi connectivity index (χ0v) is 17.3. The Kier molecular flexibility index (Phi) is 5.86. The highest BCUT2D eigenvalue weighted by Crippen LogP contribution is 2.29. The molecular formula is C24H23NO4S. The summed E-state index contributed by atoms with van der Waals surface area (Å²) >= 11 is 0. The number of hydrogen-bond donors (Lipinski definition) is 0. The number of rotatable bonds is 6. The van der Waals surface area contributed by atoms with Gasteiger partial charge in [-0.15, -0.1) is 0 Å². The third-order valence-electron chi connectivity index (χ3n) is 5.07. The first-order chi connectivity index (χ1) is 14.5. The van der Waals surface area contributed by atoms with Crippen LogP contribution in [0.15, 0.2) is 78.9 Å². The van der Waals surface area contributed by atoms with Gasteiger partial charge in [-0.1, -0.05) is 54.6 Å². The summed E-state index contributed by atoms with van der Waals surface area (Å²) in [6, 6.07) is 23.9. The molecule has 0 N–H and O–H groups in total. The minimum absolute atomic E-state index is 0.253. The zero-order valence-electron chi connectivity index (χ0n) is 16.5. The first-order valence-corrected chi connectivity index (χ1v) is 11.7. The molecule has 5 nitrogen and oxygen atoms in total. The Morgan fingerprint density at radius 2 is 1.60 bits per heavy atom. The van der Waals surface area contributed by atoms with E-state index in [0.717, 1.165) is 24.1 Å². The van der Waals surface area contributed by atoms with Crippen LogP contribution >= 0.6 is 0 Å². The van der Waals surface area contributed by atoms with Gasteiger partial charge in [-0.25, -0.2) is 8.42 Å². The monoisotopic (exact) mass is 421 g/mol.